The van der Waals surface area contributed by atoms with Crippen molar-refractivity contribution >= 4 is 17.4 Å². The highest BCUT2D eigenvalue weighted by Crippen LogP contribution is 2.34. The van der Waals surface area contributed by atoms with E-state index in [1.807, 2.05) is 19.1 Å². The first-order valence-electron chi connectivity index (χ1n) is 13.1. The van der Waals surface area contributed by atoms with Gasteiger partial charge >= 0.3 is 0 Å². The van der Waals surface area contributed by atoms with Crippen LogP contribution in [0.4, 0.5) is 0 Å². The van der Waals surface area contributed by atoms with E-state index in [4.69, 9.17) is 0 Å². The van der Waals surface area contributed by atoms with Gasteiger partial charge in [0.15, 0.2) is 0 Å². The molecule has 2 amide bonds. The molecule has 0 bridgehead atoms. The molecule has 1 saturated heterocycles. The lowest BCUT2D eigenvalue weighted by Crippen LogP contribution is -2.47. The summed E-state index contributed by atoms with van der Waals surface area (Å²) in [4.78, 5) is 33.2. The second-order valence-electron chi connectivity index (χ2n) is 9.70. The van der Waals surface area contributed by atoms with Gasteiger partial charge in [0.2, 0.25) is 0 Å². The zero-order chi connectivity index (χ0) is 23.8. The first-order valence-corrected chi connectivity index (χ1v) is 13.1. The molecule has 5 heteroatoms. The van der Waals surface area contributed by atoms with Crippen molar-refractivity contribution in [3.63, 3.8) is 0 Å². The van der Waals surface area contributed by atoms with Crippen LogP contribution in [0.2, 0.25) is 0 Å². The Balaban J connectivity index is 1.72. The van der Waals surface area contributed by atoms with Crippen LogP contribution in [0.15, 0.2) is 23.9 Å². The molecule has 0 spiro atoms. The summed E-state index contributed by atoms with van der Waals surface area (Å²) in [5.74, 6) is -0.203. The van der Waals surface area contributed by atoms with Gasteiger partial charge in [-0.05, 0) is 37.9 Å². The van der Waals surface area contributed by atoms with Crippen LogP contribution in [0.3, 0.4) is 0 Å². The molecule has 5 nitrogen and oxygen atoms in total. The van der Waals surface area contributed by atoms with E-state index < -0.39 is 0 Å². The molecule has 0 aliphatic carbocycles. The average Bonchev–Trinajstić information content (AvgIpc) is 3.05. The molecule has 0 unspecified atom stereocenters. The lowest BCUT2D eigenvalue weighted by Gasteiger charge is -2.36. The third-order valence-electron chi connectivity index (χ3n) is 7.17. The van der Waals surface area contributed by atoms with Crippen molar-refractivity contribution < 1.29 is 9.59 Å². The molecule has 2 aliphatic rings. The van der Waals surface area contributed by atoms with Gasteiger partial charge < -0.3 is 9.80 Å². The van der Waals surface area contributed by atoms with Gasteiger partial charge in [-0.1, -0.05) is 82.6 Å². The van der Waals surface area contributed by atoms with E-state index in [1.165, 1.54) is 49.0 Å². The van der Waals surface area contributed by atoms with Crippen molar-refractivity contribution in [3.05, 3.63) is 40.6 Å². The van der Waals surface area contributed by atoms with Gasteiger partial charge in [0, 0.05) is 32.7 Å². The molecule has 1 aromatic rings. The Labute approximate surface area is 200 Å². The number of likely N-dealkylation sites (N-methyl/N-ethyl adjacent to an activating group) is 1. The minimum Gasteiger partial charge on any atom is -0.364 e. The van der Waals surface area contributed by atoms with Crippen LogP contribution in [-0.4, -0.2) is 65.8 Å². The van der Waals surface area contributed by atoms with E-state index in [1.54, 1.807) is 0 Å². The zero-order valence-corrected chi connectivity index (χ0v) is 21.3. The molecular weight excluding hydrogens is 410 g/mol. The maximum Gasteiger partial charge on any atom is 0.277 e. The van der Waals surface area contributed by atoms with Crippen molar-refractivity contribution in [2.45, 2.75) is 79.1 Å². The van der Waals surface area contributed by atoms with Crippen LogP contribution in [0, 0.1) is 13.8 Å². The monoisotopic (exact) mass is 453 g/mol. The maximum atomic E-state index is 13.6. The summed E-state index contributed by atoms with van der Waals surface area (Å²) in [6.45, 7) is 13.5. The summed E-state index contributed by atoms with van der Waals surface area (Å²) >= 11 is 0. The van der Waals surface area contributed by atoms with Crippen molar-refractivity contribution in [1.82, 2.24) is 14.7 Å². The van der Waals surface area contributed by atoms with E-state index in [-0.39, 0.29) is 11.8 Å². The molecule has 0 saturated carbocycles. The number of nitrogens with zero attached hydrogens (tertiary/aromatic N) is 3. The van der Waals surface area contributed by atoms with Gasteiger partial charge in [0.05, 0.1) is 5.57 Å². The van der Waals surface area contributed by atoms with E-state index in [0.717, 1.165) is 56.7 Å². The van der Waals surface area contributed by atoms with E-state index in [9.17, 15) is 9.59 Å². The predicted molar refractivity (Wildman–Crippen MR) is 136 cm³/mol. The fraction of sp³-hybridized carbons (Fsp3) is 0.643. The molecule has 3 rings (SSSR count). The third kappa shape index (κ3) is 6.26. The lowest BCUT2D eigenvalue weighted by molar-refractivity contribution is -0.137. The SMILES string of the molecule is CCCCCCCCCCN1C(=O)C(c2ccc(C)cc2C)=C(N2CCN(CC)CC2)C1=O. The number of aryl methyl sites for hydroxylation is 2. The van der Waals surface area contributed by atoms with Crippen LogP contribution in [-0.2, 0) is 9.59 Å². The third-order valence-corrected chi connectivity index (χ3v) is 7.17. The molecule has 2 heterocycles. The highest BCUT2D eigenvalue weighted by molar-refractivity contribution is 6.35. The van der Waals surface area contributed by atoms with E-state index in [2.05, 4.69) is 36.6 Å². The number of carbonyl (C=O) groups is 2. The van der Waals surface area contributed by atoms with Gasteiger partial charge in [-0.25, -0.2) is 0 Å². The van der Waals surface area contributed by atoms with Gasteiger partial charge in [-0.15, -0.1) is 0 Å². The van der Waals surface area contributed by atoms with E-state index in [0.29, 0.717) is 17.8 Å². The summed E-state index contributed by atoms with van der Waals surface area (Å²) < 4.78 is 0. The Morgan fingerprint density at radius 3 is 2.03 bits per heavy atom. The first-order chi connectivity index (χ1) is 16.0. The topological polar surface area (TPSA) is 43.9 Å². The highest BCUT2D eigenvalue weighted by atomic mass is 16.2. The molecule has 1 aromatic carbocycles. The second kappa shape index (κ2) is 12.4. The fourth-order valence-corrected chi connectivity index (χ4v) is 5.09. The fourth-order valence-electron chi connectivity index (χ4n) is 5.09. The molecule has 0 aromatic heterocycles. The minimum atomic E-state index is -0.109. The smallest absolute Gasteiger partial charge is 0.277 e. The number of imide groups is 1. The largest absolute Gasteiger partial charge is 0.364 e. The zero-order valence-electron chi connectivity index (χ0n) is 21.3. The highest BCUT2D eigenvalue weighted by Gasteiger charge is 2.42. The first kappa shape index (κ1) is 25.5. The summed E-state index contributed by atoms with van der Waals surface area (Å²) in [6, 6.07) is 6.17. The number of hydrogen-bond acceptors (Lipinski definition) is 4. The van der Waals surface area contributed by atoms with Crippen LogP contribution in [0.25, 0.3) is 5.57 Å². The number of piperazine rings is 1. The Bertz CT molecular complexity index is 853. The van der Waals surface area contributed by atoms with Crippen molar-refractivity contribution in [1.29, 1.82) is 0 Å². The molecule has 2 aliphatic heterocycles. The average molecular weight is 454 g/mol. The summed E-state index contributed by atoms with van der Waals surface area (Å²) in [7, 11) is 0. The van der Waals surface area contributed by atoms with Crippen LogP contribution in [0.1, 0.15) is 81.9 Å². The Morgan fingerprint density at radius 1 is 0.788 bits per heavy atom. The lowest BCUT2D eigenvalue weighted by atomic mass is 9.97. The normalized spacial score (nSPS) is 17.6. The molecule has 1 fully saturated rings. The van der Waals surface area contributed by atoms with Crippen LogP contribution >= 0.6 is 0 Å². The Morgan fingerprint density at radius 2 is 1.42 bits per heavy atom. The molecule has 0 atom stereocenters. The van der Waals surface area contributed by atoms with Gasteiger partial charge in [0.25, 0.3) is 11.8 Å². The Hall–Kier alpha value is -2.14. The molecular formula is C28H43N3O2. The van der Waals surface area contributed by atoms with Crippen molar-refractivity contribution in [2.24, 2.45) is 0 Å². The number of amides is 2. The predicted octanol–water partition coefficient (Wildman–Crippen LogP) is 5.16. The maximum absolute atomic E-state index is 13.6. The number of carbonyl (C=O) groups excluding carboxylic acids is 2. The minimum absolute atomic E-state index is 0.0946. The number of unbranched alkanes of at least 4 members (excludes halogenated alkanes) is 7. The summed E-state index contributed by atoms with van der Waals surface area (Å²) in [6.07, 6.45) is 9.60. The van der Waals surface area contributed by atoms with Gasteiger partial charge in [-0.3, -0.25) is 14.5 Å². The number of hydrogen-bond donors (Lipinski definition) is 0. The van der Waals surface area contributed by atoms with Gasteiger partial charge in [0.1, 0.15) is 5.70 Å². The molecule has 182 valence electrons. The van der Waals surface area contributed by atoms with Gasteiger partial charge in [-0.2, -0.15) is 0 Å². The summed E-state index contributed by atoms with van der Waals surface area (Å²) in [5, 5.41) is 0. The van der Waals surface area contributed by atoms with Crippen molar-refractivity contribution in [3.8, 4) is 0 Å². The van der Waals surface area contributed by atoms with Crippen LogP contribution in [0.5, 0.6) is 0 Å². The quantitative estimate of drug-likeness (QED) is 0.324. The number of rotatable bonds is 12. The number of benzene rings is 1. The molecule has 0 radical (unpaired) electrons. The van der Waals surface area contributed by atoms with Crippen LogP contribution < -0.4 is 0 Å². The van der Waals surface area contributed by atoms with E-state index >= 15 is 0 Å². The molecule has 33 heavy (non-hydrogen) atoms. The second-order valence-corrected chi connectivity index (χ2v) is 9.70. The molecule has 0 N–H and O–H groups in total. The Kier molecular flexibility index (Phi) is 9.54. The summed E-state index contributed by atoms with van der Waals surface area (Å²) in [5.41, 5.74) is 4.38. The standard InChI is InChI=1S/C28H43N3O2/c1-5-7-8-9-10-11-12-13-16-31-27(32)25(24-15-14-22(3)21-23(24)4)26(28(31)33)30-19-17-29(6-2)18-20-30/h14-15,21H,5-13,16-20H2,1-4H3. The van der Waals surface area contributed by atoms with Crippen molar-refractivity contribution in [2.75, 3.05) is 39.3 Å².